The van der Waals surface area contributed by atoms with Crippen LogP contribution in [0.2, 0.25) is 0 Å². The van der Waals surface area contributed by atoms with Gasteiger partial charge < -0.3 is 19.6 Å². The van der Waals surface area contributed by atoms with Gasteiger partial charge in [-0.3, -0.25) is 4.79 Å². The predicted octanol–water partition coefficient (Wildman–Crippen LogP) is 2.96. The molecule has 0 saturated heterocycles. The monoisotopic (exact) mass is 539 g/mol. The van der Waals surface area contributed by atoms with Gasteiger partial charge in [-0.2, -0.15) is 5.10 Å². The number of nitrogens with one attached hydrogen (secondary N) is 1. The van der Waals surface area contributed by atoms with E-state index in [0.717, 1.165) is 0 Å². The normalized spacial score (nSPS) is 12.3. The summed E-state index contributed by atoms with van der Waals surface area (Å²) in [6.07, 6.45) is 0.184. The fourth-order valence-corrected chi connectivity index (χ4v) is 3.48. The third-order valence-corrected chi connectivity index (χ3v) is 6.26. The van der Waals surface area contributed by atoms with Crippen molar-refractivity contribution in [2.75, 3.05) is 7.11 Å². The number of methoxy groups -OCH3 is 1. The van der Waals surface area contributed by atoms with Gasteiger partial charge in [0.1, 0.15) is 0 Å². The first-order chi connectivity index (χ1) is 14.2. The van der Waals surface area contributed by atoms with Gasteiger partial charge in [0.25, 0.3) is 5.56 Å². The van der Waals surface area contributed by atoms with Gasteiger partial charge in [-0.1, -0.05) is 12.1 Å². The molecule has 0 aliphatic heterocycles. The minimum absolute atomic E-state index is 0.178. The SMILES string of the molecule is COc1cc(C=Nn2c(=O)[nH]c3ccccc3c2=O)c(Br)c(Br)c1O[C@H](C)C(=O)O. The Labute approximate surface area is 186 Å². The maximum atomic E-state index is 12.6. The molecule has 11 heteroatoms. The molecule has 0 amide bonds. The molecule has 3 rings (SSSR count). The highest BCUT2D eigenvalue weighted by Crippen LogP contribution is 2.42. The van der Waals surface area contributed by atoms with Crippen LogP contribution in [0.4, 0.5) is 0 Å². The third kappa shape index (κ3) is 4.17. The number of aromatic amines is 1. The minimum Gasteiger partial charge on any atom is -0.493 e. The lowest BCUT2D eigenvalue weighted by molar-refractivity contribution is -0.144. The number of fused-ring (bicyclic) bond motifs is 1. The number of aromatic nitrogens is 2. The van der Waals surface area contributed by atoms with E-state index in [9.17, 15) is 14.4 Å². The Hall–Kier alpha value is -2.92. The Kier molecular flexibility index (Phi) is 6.42. The van der Waals surface area contributed by atoms with Gasteiger partial charge in [-0.05, 0) is 57.0 Å². The fraction of sp³-hybridized carbons (Fsp3) is 0.158. The summed E-state index contributed by atoms with van der Waals surface area (Å²) in [7, 11) is 1.40. The number of aliphatic carboxylic acids is 1. The predicted molar refractivity (Wildman–Crippen MR) is 118 cm³/mol. The van der Waals surface area contributed by atoms with Crippen molar-refractivity contribution in [1.29, 1.82) is 0 Å². The van der Waals surface area contributed by atoms with E-state index in [-0.39, 0.29) is 11.5 Å². The van der Waals surface area contributed by atoms with Gasteiger partial charge >= 0.3 is 11.7 Å². The lowest BCUT2D eigenvalue weighted by Gasteiger charge is -2.17. The van der Waals surface area contributed by atoms with E-state index in [1.165, 1.54) is 26.3 Å². The second kappa shape index (κ2) is 8.84. The highest BCUT2D eigenvalue weighted by Gasteiger charge is 2.21. The molecule has 3 aromatic rings. The number of carboxylic acid groups (broad SMARTS) is 1. The van der Waals surface area contributed by atoms with Gasteiger partial charge in [0.05, 0.1) is 28.7 Å². The van der Waals surface area contributed by atoms with Crippen molar-refractivity contribution >= 4 is 54.9 Å². The summed E-state index contributed by atoms with van der Waals surface area (Å²) in [5.41, 5.74) is -0.387. The van der Waals surface area contributed by atoms with Crippen molar-refractivity contribution in [2.24, 2.45) is 5.10 Å². The highest BCUT2D eigenvalue weighted by atomic mass is 79.9. The van der Waals surface area contributed by atoms with E-state index < -0.39 is 23.3 Å². The number of benzene rings is 2. The van der Waals surface area contributed by atoms with Crippen molar-refractivity contribution in [3.8, 4) is 11.5 Å². The average molecular weight is 541 g/mol. The highest BCUT2D eigenvalue weighted by molar-refractivity contribution is 9.13. The quantitative estimate of drug-likeness (QED) is 0.463. The van der Waals surface area contributed by atoms with Gasteiger partial charge in [0, 0.05) is 10.0 Å². The molecule has 0 spiro atoms. The van der Waals surface area contributed by atoms with Crippen LogP contribution in [0.25, 0.3) is 10.9 Å². The largest absolute Gasteiger partial charge is 0.493 e. The Morgan fingerprint density at radius 1 is 1.27 bits per heavy atom. The second-order valence-electron chi connectivity index (χ2n) is 6.06. The lowest BCUT2D eigenvalue weighted by Crippen LogP contribution is -2.32. The van der Waals surface area contributed by atoms with Crippen LogP contribution < -0.4 is 20.7 Å². The standard InChI is InChI=1S/C19H15Br2N3O6/c1-9(18(26)27)30-16-13(29-2)7-10(14(20)15(16)21)8-22-24-17(25)11-5-3-4-6-12(11)23-19(24)28/h3-9H,1-2H3,(H,23,28)(H,26,27)/t9-/m1/s1. The van der Waals surface area contributed by atoms with Crippen molar-refractivity contribution in [3.05, 3.63) is 65.7 Å². The topological polar surface area (TPSA) is 123 Å². The van der Waals surface area contributed by atoms with Crippen molar-refractivity contribution < 1.29 is 19.4 Å². The van der Waals surface area contributed by atoms with E-state index >= 15 is 0 Å². The molecule has 9 nitrogen and oxygen atoms in total. The molecule has 0 unspecified atom stereocenters. The van der Waals surface area contributed by atoms with Crippen LogP contribution in [0.3, 0.4) is 0 Å². The summed E-state index contributed by atoms with van der Waals surface area (Å²) in [5.74, 6) is -0.725. The van der Waals surface area contributed by atoms with Crippen molar-refractivity contribution in [2.45, 2.75) is 13.0 Å². The van der Waals surface area contributed by atoms with Crippen molar-refractivity contribution in [3.63, 3.8) is 0 Å². The van der Waals surface area contributed by atoms with E-state index in [4.69, 9.17) is 14.6 Å². The Bertz CT molecular complexity index is 1280. The fourth-order valence-electron chi connectivity index (χ4n) is 2.57. The number of carbonyl (C=O) groups is 1. The van der Waals surface area contributed by atoms with E-state index in [2.05, 4.69) is 41.9 Å². The van der Waals surface area contributed by atoms with Crippen LogP contribution in [-0.4, -0.2) is 40.2 Å². The summed E-state index contributed by atoms with van der Waals surface area (Å²) < 4.78 is 12.3. The molecule has 0 saturated carbocycles. The first-order valence-corrected chi connectivity index (χ1v) is 10.1. The number of ether oxygens (including phenoxy) is 2. The summed E-state index contributed by atoms with van der Waals surface area (Å²) in [4.78, 5) is 38.6. The zero-order valence-electron chi connectivity index (χ0n) is 15.7. The molecule has 0 fully saturated rings. The van der Waals surface area contributed by atoms with Crippen LogP contribution in [0.5, 0.6) is 11.5 Å². The van der Waals surface area contributed by atoms with Crippen LogP contribution in [0.15, 0.2) is 54.0 Å². The molecule has 156 valence electrons. The minimum atomic E-state index is -1.14. The number of hydrogen-bond acceptors (Lipinski definition) is 6. The molecule has 0 bridgehead atoms. The summed E-state index contributed by atoms with van der Waals surface area (Å²) >= 11 is 6.72. The molecule has 0 aliphatic carbocycles. The molecule has 1 heterocycles. The van der Waals surface area contributed by atoms with Crippen LogP contribution in [-0.2, 0) is 4.79 Å². The smallest absolute Gasteiger partial charge is 0.349 e. The molecular formula is C19H15Br2N3O6. The van der Waals surface area contributed by atoms with Crippen LogP contribution in [0, 0.1) is 0 Å². The molecule has 2 aromatic carbocycles. The summed E-state index contributed by atoms with van der Waals surface area (Å²) in [6, 6.07) is 8.14. The maximum Gasteiger partial charge on any atom is 0.349 e. The maximum absolute atomic E-state index is 12.6. The molecule has 0 aliphatic rings. The number of hydrogen-bond donors (Lipinski definition) is 2. The molecule has 1 aromatic heterocycles. The van der Waals surface area contributed by atoms with E-state index in [1.54, 1.807) is 24.3 Å². The number of para-hydroxylation sites is 1. The molecule has 0 radical (unpaired) electrons. The number of rotatable bonds is 6. The molecule has 30 heavy (non-hydrogen) atoms. The zero-order chi connectivity index (χ0) is 22.0. The van der Waals surface area contributed by atoms with Gasteiger partial charge in [-0.15, -0.1) is 4.68 Å². The Balaban J connectivity index is 2.08. The van der Waals surface area contributed by atoms with E-state index in [1.807, 2.05) is 0 Å². The Morgan fingerprint density at radius 3 is 2.63 bits per heavy atom. The number of nitrogens with zero attached hydrogens (tertiary/aromatic N) is 2. The average Bonchev–Trinajstić information content (AvgIpc) is 2.72. The third-order valence-electron chi connectivity index (χ3n) is 4.11. The number of halogens is 2. The second-order valence-corrected chi connectivity index (χ2v) is 7.65. The summed E-state index contributed by atoms with van der Waals surface area (Å²) in [6.45, 7) is 1.38. The van der Waals surface area contributed by atoms with Gasteiger partial charge in [0.2, 0.25) is 0 Å². The van der Waals surface area contributed by atoms with Crippen LogP contribution >= 0.6 is 31.9 Å². The van der Waals surface area contributed by atoms with Crippen molar-refractivity contribution in [1.82, 2.24) is 9.66 Å². The summed E-state index contributed by atoms with van der Waals surface area (Å²) in [5, 5.41) is 13.4. The number of H-pyrrole nitrogens is 1. The molecular weight excluding hydrogens is 526 g/mol. The number of carboxylic acids is 1. The first-order valence-electron chi connectivity index (χ1n) is 8.48. The molecule has 2 N–H and O–H groups in total. The van der Waals surface area contributed by atoms with Crippen LogP contribution in [0.1, 0.15) is 12.5 Å². The zero-order valence-corrected chi connectivity index (χ0v) is 18.9. The first kappa shape index (κ1) is 21.8. The molecule has 1 atom stereocenters. The lowest BCUT2D eigenvalue weighted by atomic mass is 10.2. The Morgan fingerprint density at radius 2 is 1.97 bits per heavy atom. The van der Waals surface area contributed by atoms with E-state index in [0.29, 0.717) is 30.1 Å². The van der Waals surface area contributed by atoms with Gasteiger partial charge in [-0.25, -0.2) is 9.59 Å². The van der Waals surface area contributed by atoms with Gasteiger partial charge in [0.15, 0.2) is 17.6 Å².